The molecule has 1 aliphatic heterocycles. The molecule has 1 amide bonds. The fourth-order valence-electron chi connectivity index (χ4n) is 4.58. The predicted octanol–water partition coefficient (Wildman–Crippen LogP) is 2.40. The highest BCUT2D eigenvalue weighted by Crippen LogP contribution is 2.37. The van der Waals surface area contributed by atoms with Gasteiger partial charge in [-0.05, 0) is 49.8 Å². The quantitative estimate of drug-likeness (QED) is 0.830. The first-order valence-corrected chi connectivity index (χ1v) is 10.2. The summed E-state index contributed by atoms with van der Waals surface area (Å²) in [6.07, 6.45) is 2.29. The summed E-state index contributed by atoms with van der Waals surface area (Å²) in [6, 6.07) is 5.50. The Hall–Kier alpha value is -2.67. The number of amides is 1. The molecule has 29 heavy (non-hydrogen) atoms. The Morgan fingerprint density at radius 3 is 2.59 bits per heavy atom. The zero-order chi connectivity index (χ0) is 20.9. The molecular weight excluding hydrogens is 368 g/mol. The number of hydrogen-bond donors (Lipinski definition) is 2. The zero-order valence-corrected chi connectivity index (χ0v) is 17.2. The van der Waals surface area contributed by atoms with Crippen molar-refractivity contribution in [1.29, 1.82) is 0 Å². The standard InChI is InChI=1S/C22H28N4O3/c1-13-20-18(11-22(2,3)12-19(20)28)26(24-13)14-4-5-16(21(23)29)17(10-14)25-8-6-15(27)7-9-25/h4-5,10,15,27H,6-9,11-12H2,1-3H3,(H2,23,29). The highest BCUT2D eigenvalue weighted by atomic mass is 16.3. The molecule has 2 aliphatic rings. The molecule has 1 fully saturated rings. The average molecular weight is 396 g/mol. The second kappa shape index (κ2) is 6.99. The maximum atomic E-state index is 12.7. The molecule has 0 saturated carbocycles. The number of Topliss-reactive ketones (excluding diaryl/α,β-unsaturated/α-hetero) is 1. The number of hydrogen-bond acceptors (Lipinski definition) is 5. The van der Waals surface area contributed by atoms with Crippen LogP contribution in [0, 0.1) is 12.3 Å². The van der Waals surface area contributed by atoms with E-state index in [9.17, 15) is 14.7 Å². The van der Waals surface area contributed by atoms with Gasteiger partial charge in [-0.2, -0.15) is 5.10 Å². The van der Waals surface area contributed by atoms with Crippen LogP contribution in [-0.2, 0) is 6.42 Å². The number of nitrogens with zero attached hydrogens (tertiary/aromatic N) is 3. The van der Waals surface area contributed by atoms with E-state index in [0.717, 1.165) is 34.7 Å². The van der Waals surface area contributed by atoms with E-state index in [1.807, 2.05) is 23.7 Å². The minimum Gasteiger partial charge on any atom is -0.393 e. The third-order valence-electron chi connectivity index (χ3n) is 6.02. The number of ketones is 1. The van der Waals surface area contributed by atoms with Crippen LogP contribution >= 0.6 is 0 Å². The minimum absolute atomic E-state index is 0.118. The van der Waals surface area contributed by atoms with E-state index < -0.39 is 5.91 Å². The minimum atomic E-state index is -0.479. The molecule has 4 rings (SSSR count). The van der Waals surface area contributed by atoms with Crippen molar-refractivity contribution in [1.82, 2.24) is 9.78 Å². The van der Waals surface area contributed by atoms with Gasteiger partial charge in [-0.15, -0.1) is 0 Å². The van der Waals surface area contributed by atoms with Gasteiger partial charge in [0.2, 0.25) is 0 Å². The van der Waals surface area contributed by atoms with Crippen molar-refractivity contribution in [3.63, 3.8) is 0 Å². The van der Waals surface area contributed by atoms with Crippen LogP contribution in [0.4, 0.5) is 5.69 Å². The summed E-state index contributed by atoms with van der Waals surface area (Å²) in [6.45, 7) is 7.39. The van der Waals surface area contributed by atoms with Gasteiger partial charge in [-0.25, -0.2) is 4.68 Å². The Balaban J connectivity index is 1.81. The maximum absolute atomic E-state index is 12.7. The summed E-state index contributed by atoms with van der Waals surface area (Å²) in [4.78, 5) is 26.8. The molecule has 1 saturated heterocycles. The van der Waals surface area contributed by atoms with Gasteiger partial charge in [0.1, 0.15) is 0 Å². The van der Waals surface area contributed by atoms with E-state index in [2.05, 4.69) is 23.8 Å². The number of aryl methyl sites for hydroxylation is 1. The number of piperidine rings is 1. The van der Waals surface area contributed by atoms with Crippen LogP contribution in [0.15, 0.2) is 18.2 Å². The van der Waals surface area contributed by atoms with Crippen molar-refractivity contribution in [3.8, 4) is 5.69 Å². The van der Waals surface area contributed by atoms with Crippen LogP contribution in [0.1, 0.15) is 65.2 Å². The van der Waals surface area contributed by atoms with Crippen molar-refractivity contribution in [3.05, 3.63) is 40.7 Å². The van der Waals surface area contributed by atoms with E-state index in [4.69, 9.17) is 5.73 Å². The van der Waals surface area contributed by atoms with E-state index >= 15 is 0 Å². The van der Waals surface area contributed by atoms with Crippen molar-refractivity contribution in [2.75, 3.05) is 18.0 Å². The van der Waals surface area contributed by atoms with E-state index in [1.54, 1.807) is 6.07 Å². The third-order valence-corrected chi connectivity index (χ3v) is 6.02. The zero-order valence-electron chi connectivity index (χ0n) is 17.2. The summed E-state index contributed by atoms with van der Waals surface area (Å²) in [5.74, 6) is -0.341. The molecular formula is C22H28N4O3. The lowest BCUT2D eigenvalue weighted by molar-refractivity contribution is 0.0909. The molecule has 7 nitrogen and oxygen atoms in total. The van der Waals surface area contributed by atoms with Crippen LogP contribution in [0.25, 0.3) is 5.69 Å². The first kappa shape index (κ1) is 19.6. The normalized spacial score (nSPS) is 19.3. The summed E-state index contributed by atoms with van der Waals surface area (Å²) in [5.41, 5.74) is 9.92. The van der Waals surface area contributed by atoms with Gasteiger partial charge >= 0.3 is 0 Å². The van der Waals surface area contributed by atoms with Gasteiger partial charge in [0.05, 0.1) is 40.0 Å². The maximum Gasteiger partial charge on any atom is 0.250 e. The van der Waals surface area contributed by atoms with Gasteiger partial charge in [0.25, 0.3) is 5.91 Å². The molecule has 2 heterocycles. The first-order chi connectivity index (χ1) is 13.7. The highest BCUT2D eigenvalue weighted by molar-refractivity contribution is 6.00. The molecule has 1 aromatic carbocycles. The fraction of sp³-hybridized carbons (Fsp3) is 0.500. The molecule has 0 atom stereocenters. The topological polar surface area (TPSA) is 101 Å². The SMILES string of the molecule is Cc1nn(-c2ccc(C(N)=O)c(N3CCC(O)CC3)c2)c2c1C(=O)CC(C)(C)C2. The second-order valence-electron chi connectivity index (χ2n) is 9.04. The largest absolute Gasteiger partial charge is 0.393 e. The molecule has 7 heteroatoms. The number of aliphatic hydroxyl groups excluding tert-OH is 1. The number of aromatic nitrogens is 2. The van der Waals surface area contributed by atoms with Crippen molar-refractivity contribution in [2.24, 2.45) is 11.1 Å². The van der Waals surface area contributed by atoms with E-state index in [-0.39, 0.29) is 17.3 Å². The van der Waals surface area contributed by atoms with E-state index in [0.29, 0.717) is 37.9 Å². The number of primary amides is 1. The molecule has 0 unspecified atom stereocenters. The number of anilines is 1. The first-order valence-electron chi connectivity index (χ1n) is 10.2. The van der Waals surface area contributed by atoms with Crippen LogP contribution in [-0.4, -0.2) is 45.8 Å². The Bertz CT molecular complexity index is 984. The van der Waals surface area contributed by atoms with Crippen LogP contribution < -0.4 is 10.6 Å². The Morgan fingerprint density at radius 2 is 1.93 bits per heavy atom. The van der Waals surface area contributed by atoms with Gasteiger partial charge in [0.15, 0.2) is 5.78 Å². The van der Waals surface area contributed by atoms with Gasteiger partial charge in [-0.3, -0.25) is 9.59 Å². The van der Waals surface area contributed by atoms with Crippen molar-refractivity contribution >= 4 is 17.4 Å². The summed E-state index contributed by atoms with van der Waals surface area (Å²) < 4.78 is 1.84. The molecule has 0 bridgehead atoms. The molecule has 0 spiro atoms. The van der Waals surface area contributed by atoms with Crippen molar-refractivity contribution < 1.29 is 14.7 Å². The molecule has 2 aromatic rings. The number of rotatable bonds is 3. The summed E-state index contributed by atoms with van der Waals surface area (Å²) >= 11 is 0. The summed E-state index contributed by atoms with van der Waals surface area (Å²) in [5, 5.41) is 14.5. The lowest BCUT2D eigenvalue weighted by atomic mass is 9.75. The van der Waals surface area contributed by atoms with Crippen LogP contribution in [0.3, 0.4) is 0 Å². The van der Waals surface area contributed by atoms with Gasteiger partial charge in [-0.1, -0.05) is 13.8 Å². The number of nitrogens with two attached hydrogens (primary N) is 1. The third kappa shape index (κ3) is 3.55. The summed E-state index contributed by atoms with van der Waals surface area (Å²) in [7, 11) is 0. The lowest BCUT2D eigenvalue weighted by Gasteiger charge is -2.33. The molecule has 0 radical (unpaired) electrons. The average Bonchev–Trinajstić information content (AvgIpc) is 2.97. The highest BCUT2D eigenvalue weighted by Gasteiger charge is 2.36. The molecule has 3 N–H and O–H groups in total. The number of fused-ring (bicyclic) bond motifs is 1. The smallest absolute Gasteiger partial charge is 0.250 e. The predicted molar refractivity (Wildman–Crippen MR) is 111 cm³/mol. The molecule has 154 valence electrons. The van der Waals surface area contributed by atoms with Crippen LogP contribution in [0.5, 0.6) is 0 Å². The number of benzene rings is 1. The number of carbonyl (C=O) groups excluding carboxylic acids is 2. The number of carbonyl (C=O) groups is 2. The van der Waals surface area contributed by atoms with E-state index in [1.165, 1.54) is 0 Å². The Labute approximate surface area is 170 Å². The van der Waals surface area contributed by atoms with Gasteiger partial charge in [0, 0.05) is 19.5 Å². The fourth-order valence-corrected chi connectivity index (χ4v) is 4.58. The monoisotopic (exact) mass is 396 g/mol. The molecule has 1 aliphatic carbocycles. The van der Waals surface area contributed by atoms with Gasteiger partial charge < -0.3 is 15.7 Å². The molecule has 1 aromatic heterocycles. The Morgan fingerprint density at radius 1 is 1.24 bits per heavy atom. The van der Waals surface area contributed by atoms with Crippen molar-refractivity contribution in [2.45, 2.75) is 52.6 Å². The second-order valence-corrected chi connectivity index (χ2v) is 9.04. The number of aliphatic hydroxyl groups is 1. The van der Waals surface area contributed by atoms with Crippen LogP contribution in [0.2, 0.25) is 0 Å². The lowest BCUT2D eigenvalue weighted by Crippen LogP contribution is -2.37. The Kier molecular flexibility index (Phi) is 4.73.